The van der Waals surface area contributed by atoms with Gasteiger partial charge in [-0.25, -0.2) is 0 Å². The lowest BCUT2D eigenvalue weighted by molar-refractivity contribution is -0.150. The van der Waals surface area contributed by atoms with Crippen molar-refractivity contribution < 1.29 is 22.8 Å². The maximum atomic E-state index is 12.6. The number of hydrogen-bond donors (Lipinski definition) is 2. The number of halogens is 3. The smallest absolute Gasteiger partial charge is 0.399 e. The van der Waals surface area contributed by atoms with Gasteiger partial charge in [-0.3, -0.25) is 0 Å². The maximum absolute atomic E-state index is 12.6. The predicted molar refractivity (Wildman–Crippen MR) is 57.1 cm³/mol. The average Bonchev–Trinajstić information content (AvgIpc) is 2.62. The van der Waals surface area contributed by atoms with Gasteiger partial charge < -0.3 is 15.4 Å². The number of oxime groups is 1. The highest BCUT2D eigenvalue weighted by Gasteiger charge is 2.42. The van der Waals surface area contributed by atoms with Gasteiger partial charge in [0.2, 0.25) is 0 Å². The molecule has 0 spiro atoms. The normalized spacial score (nSPS) is 14.9. The van der Waals surface area contributed by atoms with E-state index in [4.69, 9.17) is 15.4 Å². The minimum Gasteiger partial charge on any atom is -0.468 e. The molecule has 0 bridgehead atoms. The molecular formula is C9H11F3N2O2S. The molecule has 0 aliphatic carbocycles. The first-order chi connectivity index (χ1) is 7.86. The van der Waals surface area contributed by atoms with Crippen molar-refractivity contribution in [3.63, 3.8) is 0 Å². The van der Waals surface area contributed by atoms with Crippen molar-refractivity contribution in [2.75, 3.05) is 5.75 Å². The zero-order valence-electron chi connectivity index (χ0n) is 8.86. The third-order valence-electron chi connectivity index (χ3n) is 2.08. The van der Waals surface area contributed by atoms with Crippen LogP contribution in [0.2, 0.25) is 0 Å². The molecule has 1 rings (SSSR count). The van der Waals surface area contributed by atoms with Gasteiger partial charge in [0, 0.05) is 10.6 Å². The van der Waals surface area contributed by atoms with Gasteiger partial charge in [0.1, 0.15) is 11.7 Å². The quantitative estimate of drug-likeness (QED) is 0.289. The second-order valence-corrected chi connectivity index (χ2v) is 4.33. The van der Waals surface area contributed by atoms with E-state index in [1.807, 2.05) is 0 Å². The summed E-state index contributed by atoms with van der Waals surface area (Å²) >= 11 is 0.947. The molecule has 1 unspecified atom stereocenters. The number of rotatable bonds is 4. The molecule has 17 heavy (non-hydrogen) atoms. The third kappa shape index (κ3) is 3.58. The summed E-state index contributed by atoms with van der Waals surface area (Å²) in [5.41, 5.74) is 5.02. The van der Waals surface area contributed by atoms with Gasteiger partial charge in [-0.05, 0) is 13.0 Å². The van der Waals surface area contributed by atoms with E-state index in [0.29, 0.717) is 10.7 Å². The van der Waals surface area contributed by atoms with E-state index in [2.05, 4.69) is 5.16 Å². The van der Waals surface area contributed by atoms with Crippen molar-refractivity contribution >= 4 is 17.6 Å². The second-order valence-electron chi connectivity index (χ2n) is 3.27. The monoisotopic (exact) mass is 268 g/mol. The lowest BCUT2D eigenvalue weighted by Gasteiger charge is -2.18. The van der Waals surface area contributed by atoms with Gasteiger partial charge in [-0.15, -0.1) is 11.8 Å². The van der Waals surface area contributed by atoms with Gasteiger partial charge in [0.05, 0.1) is 6.26 Å². The summed E-state index contributed by atoms with van der Waals surface area (Å²) in [5.74, 6) is -2.65. The number of nitrogens with zero attached hydrogens (tertiary/aromatic N) is 1. The molecule has 1 heterocycles. The van der Waals surface area contributed by atoms with E-state index in [9.17, 15) is 13.2 Å². The van der Waals surface area contributed by atoms with E-state index < -0.39 is 17.9 Å². The Morgan fingerprint density at radius 2 is 2.29 bits per heavy atom. The van der Waals surface area contributed by atoms with Crippen molar-refractivity contribution in [1.29, 1.82) is 0 Å². The summed E-state index contributed by atoms with van der Waals surface area (Å²) < 4.78 is 42.7. The van der Waals surface area contributed by atoms with Crippen LogP contribution in [0.25, 0.3) is 0 Å². The van der Waals surface area contributed by atoms with E-state index in [-0.39, 0.29) is 5.75 Å². The van der Waals surface area contributed by atoms with Crippen LogP contribution in [0, 0.1) is 12.8 Å². The van der Waals surface area contributed by atoms with E-state index in [0.717, 1.165) is 11.8 Å². The number of furan rings is 1. The molecule has 3 N–H and O–H groups in total. The number of hydrogen-bond acceptors (Lipinski definition) is 4. The Kier molecular flexibility index (Phi) is 4.33. The van der Waals surface area contributed by atoms with Crippen LogP contribution >= 0.6 is 11.8 Å². The molecule has 0 amide bonds. The van der Waals surface area contributed by atoms with E-state index in [1.165, 1.54) is 6.26 Å². The van der Waals surface area contributed by atoms with E-state index >= 15 is 0 Å². The highest BCUT2D eigenvalue weighted by molar-refractivity contribution is 7.99. The Bertz CT molecular complexity index is 403. The van der Waals surface area contributed by atoms with Crippen molar-refractivity contribution in [2.45, 2.75) is 18.0 Å². The van der Waals surface area contributed by atoms with Crippen molar-refractivity contribution in [3.05, 3.63) is 18.1 Å². The molecule has 4 nitrogen and oxygen atoms in total. The van der Waals surface area contributed by atoms with Gasteiger partial charge >= 0.3 is 6.18 Å². The number of alkyl halides is 3. The van der Waals surface area contributed by atoms with Gasteiger partial charge in [0.25, 0.3) is 0 Å². The topological polar surface area (TPSA) is 71.8 Å². The highest BCUT2D eigenvalue weighted by Crippen LogP contribution is 2.33. The first-order valence-corrected chi connectivity index (χ1v) is 5.56. The molecule has 0 aliphatic rings. The fraction of sp³-hybridized carbons (Fsp3) is 0.444. The lowest BCUT2D eigenvalue weighted by atomic mass is 10.1. The Labute approximate surface area is 99.7 Å². The predicted octanol–water partition coefficient (Wildman–Crippen LogP) is 2.61. The van der Waals surface area contributed by atoms with E-state index in [1.54, 1.807) is 13.0 Å². The number of nitrogens with two attached hydrogens (primary N) is 1. The fourth-order valence-electron chi connectivity index (χ4n) is 1.11. The molecule has 0 aromatic carbocycles. The molecule has 0 aliphatic heterocycles. The van der Waals surface area contributed by atoms with Crippen LogP contribution in [0.15, 0.2) is 26.8 Å². The average molecular weight is 268 g/mol. The molecule has 1 atom stereocenters. The molecule has 8 heteroatoms. The fourth-order valence-corrected chi connectivity index (χ4v) is 2.22. The van der Waals surface area contributed by atoms with Crippen LogP contribution in [-0.4, -0.2) is 23.0 Å². The Hall–Kier alpha value is -1.31. The molecule has 0 saturated heterocycles. The summed E-state index contributed by atoms with van der Waals surface area (Å²) in [6.45, 7) is 1.65. The standard InChI is InChI=1S/C9H11F3N2O2S/c1-5-7(2-3-16-5)17-4-6(8(13)14-15)9(10,11)12/h2-3,6,15H,4H2,1H3,(H2,13,14). The molecular weight excluding hydrogens is 257 g/mol. The largest absolute Gasteiger partial charge is 0.468 e. The van der Waals surface area contributed by atoms with Gasteiger partial charge in [0.15, 0.2) is 5.84 Å². The lowest BCUT2D eigenvalue weighted by Crippen LogP contribution is -2.37. The first kappa shape index (κ1) is 13.8. The third-order valence-corrected chi connectivity index (χ3v) is 3.32. The Morgan fingerprint density at radius 3 is 2.71 bits per heavy atom. The van der Waals surface area contributed by atoms with Crippen LogP contribution in [0.4, 0.5) is 13.2 Å². The maximum Gasteiger partial charge on any atom is 0.399 e. The minimum absolute atomic E-state index is 0.361. The summed E-state index contributed by atoms with van der Waals surface area (Å²) in [7, 11) is 0. The van der Waals surface area contributed by atoms with Crippen LogP contribution in [0.3, 0.4) is 0 Å². The SMILES string of the molecule is Cc1occc1SCC(/C(N)=N/O)C(F)(F)F. The van der Waals surface area contributed by atoms with Gasteiger partial charge in [-0.1, -0.05) is 5.16 Å². The zero-order chi connectivity index (χ0) is 13.1. The van der Waals surface area contributed by atoms with Crippen molar-refractivity contribution in [2.24, 2.45) is 16.8 Å². The number of amidine groups is 1. The Balaban J connectivity index is 2.72. The molecule has 96 valence electrons. The molecule has 0 saturated carbocycles. The molecule has 0 fully saturated rings. The minimum atomic E-state index is -4.54. The zero-order valence-corrected chi connectivity index (χ0v) is 9.68. The molecule has 1 aromatic heterocycles. The Morgan fingerprint density at radius 1 is 1.65 bits per heavy atom. The number of thioether (sulfide) groups is 1. The summed E-state index contributed by atoms with van der Waals surface area (Å²) in [5, 5.41) is 10.7. The first-order valence-electron chi connectivity index (χ1n) is 4.57. The van der Waals surface area contributed by atoms with Crippen LogP contribution in [0.5, 0.6) is 0 Å². The summed E-state index contributed by atoms with van der Waals surface area (Å²) in [4.78, 5) is 0.602. The van der Waals surface area contributed by atoms with Crippen LogP contribution < -0.4 is 5.73 Å². The van der Waals surface area contributed by atoms with Crippen LogP contribution in [0.1, 0.15) is 5.76 Å². The number of aryl methyl sites for hydroxylation is 1. The highest BCUT2D eigenvalue weighted by atomic mass is 32.2. The summed E-state index contributed by atoms with van der Waals surface area (Å²) in [6.07, 6.45) is -3.15. The summed E-state index contributed by atoms with van der Waals surface area (Å²) in [6, 6.07) is 1.57. The van der Waals surface area contributed by atoms with Crippen molar-refractivity contribution in [1.82, 2.24) is 0 Å². The molecule has 0 radical (unpaired) electrons. The van der Waals surface area contributed by atoms with Gasteiger partial charge in [-0.2, -0.15) is 13.2 Å². The molecule has 1 aromatic rings. The van der Waals surface area contributed by atoms with Crippen molar-refractivity contribution in [3.8, 4) is 0 Å². The second kappa shape index (κ2) is 5.35. The van der Waals surface area contributed by atoms with Crippen LogP contribution in [-0.2, 0) is 0 Å².